The van der Waals surface area contributed by atoms with Gasteiger partial charge >= 0.3 is 0 Å². The fourth-order valence-corrected chi connectivity index (χ4v) is 0.993. The van der Waals surface area contributed by atoms with Crippen molar-refractivity contribution in [1.82, 2.24) is 19.5 Å². The van der Waals surface area contributed by atoms with Crippen LogP contribution in [0, 0.1) is 0 Å². The number of hydrogen-bond acceptors (Lipinski definition) is 3. The molecule has 0 amide bonds. The van der Waals surface area contributed by atoms with Crippen LogP contribution >= 0.6 is 0 Å². The zero-order chi connectivity index (χ0) is 8.39. The third-order valence-electron chi connectivity index (χ3n) is 1.56. The lowest BCUT2D eigenvalue weighted by atomic mass is 10.3. The van der Waals surface area contributed by atoms with Crippen molar-refractivity contribution in [3.05, 3.63) is 31.2 Å². The minimum absolute atomic E-state index is 0.901. The average molecular weight is 160 g/mol. The normalized spacial score (nSPS) is 10.1. The predicted octanol–water partition coefficient (Wildman–Crippen LogP) is 0.877. The van der Waals surface area contributed by atoms with Crippen LogP contribution in [0.5, 0.6) is 0 Å². The van der Waals surface area contributed by atoms with E-state index < -0.39 is 0 Å². The van der Waals surface area contributed by atoms with Gasteiger partial charge in [-0.3, -0.25) is 0 Å². The monoisotopic (exact) mass is 160 g/mol. The summed E-state index contributed by atoms with van der Waals surface area (Å²) in [5, 5.41) is 0. The van der Waals surface area contributed by atoms with Crippen molar-refractivity contribution in [3.63, 3.8) is 0 Å². The summed E-state index contributed by atoms with van der Waals surface area (Å²) >= 11 is 0. The first kappa shape index (κ1) is 6.97. The summed E-state index contributed by atoms with van der Waals surface area (Å²) in [7, 11) is 1.93. The maximum atomic E-state index is 4.17. The molecule has 0 aliphatic rings. The Bertz CT molecular complexity index is 366. The van der Waals surface area contributed by atoms with Crippen LogP contribution in [0.15, 0.2) is 31.2 Å². The molecular formula is C8H8N4. The van der Waals surface area contributed by atoms with Crippen molar-refractivity contribution in [2.45, 2.75) is 0 Å². The first-order valence-corrected chi connectivity index (χ1v) is 3.59. The fraction of sp³-hybridized carbons (Fsp3) is 0.125. The van der Waals surface area contributed by atoms with Crippen molar-refractivity contribution in [3.8, 4) is 11.3 Å². The smallest absolute Gasteiger partial charge is 0.115 e. The molecule has 0 spiro atoms. The zero-order valence-corrected chi connectivity index (χ0v) is 6.68. The van der Waals surface area contributed by atoms with Gasteiger partial charge in [-0.1, -0.05) is 0 Å². The van der Waals surface area contributed by atoms with Gasteiger partial charge in [0.2, 0.25) is 0 Å². The summed E-state index contributed by atoms with van der Waals surface area (Å²) in [6.45, 7) is 0. The minimum Gasteiger partial charge on any atom is -0.340 e. The van der Waals surface area contributed by atoms with Crippen LogP contribution in [0.2, 0.25) is 0 Å². The lowest BCUT2D eigenvalue weighted by Crippen LogP contribution is -1.81. The van der Waals surface area contributed by atoms with Gasteiger partial charge in [0.25, 0.3) is 0 Å². The molecule has 0 bridgehead atoms. The molecule has 0 radical (unpaired) electrons. The van der Waals surface area contributed by atoms with E-state index in [1.54, 1.807) is 18.7 Å². The largest absolute Gasteiger partial charge is 0.340 e. The van der Waals surface area contributed by atoms with E-state index in [0.29, 0.717) is 0 Å². The standard InChI is InChI=1S/C8H8N4/c1-12-4-8(11-6-12)7-2-9-5-10-3-7/h2-6H,1H3. The molecule has 2 aromatic rings. The van der Waals surface area contributed by atoms with Crippen molar-refractivity contribution >= 4 is 0 Å². The van der Waals surface area contributed by atoms with E-state index in [1.165, 1.54) is 6.33 Å². The lowest BCUT2D eigenvalue weighted by molar-refractivity contribution is 0.913. The summed E-state index contributed by atoms with van der Waals surface area (Å²) in [6.07, 6.45) is 8.68. The topological polar surface area (TPSA) is 43.6 Å². The van der Waals surface area contributed by atoms with Crippen LogP contribution in [0.25, 0.3) is 11.3 Å². The van der Waals surface area contributed by atoms with Gasteiger partial charge in [0.15, 0.2) is 0 Å². The Morgan fingerprint density at radius 1 is 1.25 bits per heavy atom. The molecule has 2 heterocycles. The molecule has 0 aromatic carbocycles. The van der Waals surface area contributed by atoms with Gasteiger partial charge < -0.3 is 4.57 Å². The highest BCUT2D eigenvalue weighted by molar-refractivity contribution is 5.54. The Hall–Kier alpha value is -1.71. The molecule has 4 heteroatoms. The number of hydrogen-bond donors (Lipinski definition) is 0. The molecule has 0 N–H and O–H groups in total. The van der Waals surface area contributed by atoms with Gasteiger partial charge in [0.05, 0.1) is 12.0 Å². The van der Waals surface area contributed by atoms with Crippen LogP contribution < -0.4 is 0 Å². The Labute approximate surface area is 69.9 Å². The fourth-order valence-electron chi connectivity index (χ4n) is 0.993. The zero-order valence-electron chi connectivity index (χ0n) is 6.68. The summed E-state index contributed by atoms with van der Waals surface area (Å²) < 4.78 is 1.89. The summed E-state index contributed by atoms with van der Waals surface area (Å²) in [4.78, 5) is 12.0. The second-order valence-corrected chi connectivity index (χ2v) is 2.55. The molecule has 2 aromatic heterocycles. The Morgan fingerprint density at radius 2 is 2.00 bits per heavy atom. The molecule has 0 aliphatic carbocycles. The van der Waals surface area contributed by atoms with E-state index in [9.17, 15) is 0 Å². The van der Waals surface area contributed by atoms with Crippen molar-refractivity contribution < 1.29 is 0 Å². The van der Waals surface area contributed by atoms with E-state index in [-0.39, 0.29) is 0 Å². The minimum atomic E-state index is 0.901. The van der Waals surface area contributed by atoms with Crippen LogP contribution in [0.4, 0.5) is 0 Å². The molecule has 12 heavy (non-hydrogen) atoms. The Balaban J connectivity index is 2.45. The van der Waals surface area contributed by atoms with Gasteiger partial charge in [0.1, 0.15) is 6.33 Å². The summed E-state index contributed by atoms with van der Waals surface area (Å²) in [5.74, 6) is 0. The molecule has 0 aliphatic heterocycles. The second-order valence-electron chi connectivity index (χ2n) is 2.55. The van der Waals surface area contributed by atoms with Crippen molar-refractivity contribution in [1.29, 1.82) is 0 Å². The van der Waals surface area contributed by atoms with Crippen LogP contribution in [0.3, 0.4) is 0 Å². The molecule has 4 nitrogen and oxygen atoms in total. The SMILES string of the molecule is Cn1cnc(-c2cncnc2)c1. The molecule has 0 saturated heterocycles. The lowest BCUT2D eigenvalue weighted by Gasteiger charge is -1.91. The number of imidazole rings is 1. The quantitative estimate of drug-likeness (QED) is 0.622. The second kappa shape index (κ2) is 2.73. The van der Waals surface area contributed by atoms with E-state index in [1.807, 2.05) is 17.8 Å². The molecular weight excluding hydrogens is 152 g/mol. The number of rotatable bonds is 1. The van der Waals surface area contributed by atoms with Gasteiger partial charge in [-0.25, -0.2) is 15.0 Å². The van der Waals surface area contributed by atoms with E-state index in [4.69, 9.17) is 0 Å². The third kappa shape index (κ3) is 1.18. The van der Waals surface area contributed by atoms with Crippen molar-refractivity contribution in [2.75, 3.05) is 0 Å². The summed E-state index contributed by atoms with van der Waals surface area (Å²) in [6, 6.07) is 0. The Morgan fingerprint density at radius 3 is 2.58 bits per heavy atom. The number of aryl methyl sites for hydroxylation is 1. The van der Waals surface area contributed by atoms with Gasteiger partial charge in [-0.05, 0) is 0 Å². The highest BCUT2D eigenvalue weighted by Gasteiger charge is 1.99. The highest BCUT2D eigenvalue weighted by Crippen LogP contribution is 2.12. The van der Waals surface area contributed by atoms with Crippen LogP contribution in [0.1, 0.15) is 0 Å². The van der Waals surface area contributed by atoms with Gasteiger partial charge in [-0.2, -0.15) is 0 Å². The number of aromatic nitrogens is 4. The molecule has 0 saturated carbocycles. The van der Waals surface area contributed by atoms with Crippen molar-refractivity contribution in [2.24, 2.45) is 7.05 Å². The first-order chi connectivity index (χ1) is 5.86. The number of nitrogens with zero attached hydrogens (tertiary/aromatic N) is 4. The maximum absolute atomic E-state index is 4.17. The highest BCUT2D eigenvalue weighted by atomic mass is 15.0. The van der Waals surface area contributed by atoms with E-state index >= 15 is 0 Å². The van der Waals surface area contributed by atoms with E-state index in [0.717, 1.165) is 11.3 Å². The molecule has 60 valence electrons. The third-order valence-corrected chi connectivity index (χ3v) is 1.56. The van der Waals surface area contributed by atoms with Gasteiger partial charge in [0, 0.05) is 31.2 Å². The Kier molecular flexibility index (Phi) is 1.59. The van der Waals surface area contributed by atoms with Crippen LogP contribution in [-0.2, 0) is 7.05 Å². The predicted molar refractivity (Wildman–Crippen MR) is 44.2 cm³/mol. The molecule has 0 unspecified atom stereocenters. The van der Waals surface area contributed by atoms with Gasteiger partial charge in [-0.15, -0.1) is 0 Å². The van der Waals surface area contributed by atoms with E-state index in [2.05, 4.69) is 15.0 Å². The maximum Gasteiger partial charge on any atom is 0.115 e. The average Bonchev–Trinajstić information content (AvgIpc) is 2.54. The molecule has 0 fully saturated rings. The first-order valence-electron chi connectivity index (χ1n) is 3.59. The molecule has 0 atom stereocenters. The van der Waals surface area contributed by atoms with Crippen LogP contribution in [-0.4, -0.2) is 19.5 Å². The summed E-state index contributed by atoms with van der Waals surface area (Å²) in [5.41, 5.74) is 1.84. The molecule has 2 rings (SSSR count).